The van der Waals surface area contributed by atoms with E-state index in [1.54, 1.807) is 7.11 Å². The van der Waals surface area contributed by atoms with Gasteiger partial charge in [0.05, 0.1) is 6.61 Å². The fraction of sp³-hybridized carbons (Fsp3) is 0.571. The Bertz CT molecular complexity index is 371. The van der Waals surface area contributed by atoms with E-state index >= 15 is 0 Å². The van der Waals surface area contributed by atoms with Gasteiger partial charge in [-0.3, -0.25) is 0 Å². The number of hydrogen-bond donors (Lipinski definition) is 1. The van der Waals surface area contributed by atoms with Crippen LogP contribution in [0.25, 0.3) is 0 Å². The van der Waals surface area contributed by atoms with E-state index in [4.69, 9.17) is 16.3 Å². The van der Waals surface area contributed by atoms with Crippen LogP contribution in [-0.2, 0) is 11.3 Å². The Hall–Kier alpha value is -0.770. The summed E-state index contributed by atoms with van der Waals surface area (Å²) in [6.45, 7) is 6.80. The van der Waals surface area contributed by atoms with Crippen molar-refractivity contribution >= 4 is 17.3 Å². The van der Waals surface area contributed by atoms with Crippen molar-refractivity contribution in [2.24, 2.45) is 0 Å². The summed E-state index contributed by atoms with van der Waals surface area (Å²) in [6, 6.07) is 6.40. The predicted molar refractivity (Wildman–Crippen MR) is 78.6 cm³/mol. The van der Waals surface area contributed by atoms with Crippen LogP contribution in [0, 0.1) is 0 Å². The van der Waals surface area contributed by atoms with Gasteiger partial charge in [0.2, 0.25) is 0 Å². The maximum atomic E-state index is 6.07. The lowest BCUT2D eigenvalue weighted by molar-refractivity contribution is 0.182. The van der Waals surface area contributed by atoms with Gasteiger partial charge in [-0.25, -0.2) is 0 Å². The summed E-state index contributed by atoms with van der Waals surface area (Å²) in [4.78, 5) is 2.34. The van der Waals surface area contributed by atoms with Gasteiger partial charge in [-0.1, -0.05) is 11.6 Å². The number of benzene rings is 1. The van der Waals surface area contributed by atoms with E-state index in [2.05, 4.69) is 30.1 Å². The first-order valence-electron chi connectivity index (χ1n) is 6.32. The van der Waals surface area contributed by atoms with Gasteiger partial charge in [0.15, 0.2) is 0 Å². The highest BCUT2D eigenvalue weighted by Crippen LogP contribution is 2.26. The maximum Gasteiger partial charge on any atom is 0.0663 e. The standard InChI is InChI=1S/C14H23ClN2O/c1-5-17(11(2)10-18-4)14-7-6-13(15)8-12(14)9-16-3/h6-8,11,16H,5,9-10H2,1-4H3. The van der Waals surface area contributed by atoms with E-state index in [1.165, 1.54) is 11.3 Å². The Morgan fingerprint density at radius 1 is 1.44 bits per heavy atom. The minimum atomic E-state index is 0.344. The second-order valence-electron chi connectivity index (χ2n) is 4.39. The monoisotopic (exact) mass is 270 g/mol. The molecule has 4 heteroatoms. The zero-order valence-corrected chi connectivity index (χ0v) is 12.4. The topological polar surface area (TPSA) is 24.5 Å². The summed E-state index contributed by atoms with van der Waals surface area (Å²) in [7, 11) is 3.68. The summed E-state index contributed by atoms with van der Waals surface area (Å²) in [5, 5.41) is 3.96. The first-order chi connectivity index (χ1) is 8.63. The van der Waals surface area contributed by atoms with Gasteiger partial charge in [-0.2, -0.15) is 0 Å². The molecule has 0 aliphatic heterocycles. The van der Waals surface area contributed by atoms with Crippen LogP contribution < -0.4 is 10.2 Å². The number of nitrogens with zero attached hydrogens (tertiary/aromatic N) is 1. The van der Waals surface area contributed by atoms with Crippen molar-refractivity contribution in [1.82, 2.24) is 5.32 Å². The third-order valence-electron chi connectivity index (χ3n) is 3.00. The normalized spacial score (nSPS) is 12.5. The van der Waals surface area contributed by atoms with Gasteiger partial charge < -0.3 is 15.0 Å². The number of anilines is 1. The molecular weight excluding hydrogens is 248 g/mol. The van der Waals surface area contributed by atoms with Gasteiger partial charge in [-0.05, 0) is 44.7 Å². The van der Waals surface area contributed by atoms with Gasteiger partial charge in [0.25, 0.3) is 0 Å². The Morgan fingerprint density at radius 2 is 2.17 bits per heavy atom. The number of methoxy groups -OCH3 is 1. The molecule has 0 radical (unpaired) electrons. The van der Waals surface area contributed by atoms with E-state index in [0.29, 0.717) is 6.04 Å². The van der Waals surface area contributed by atoms with Crippen LogP contribution in [-0.4, -0.2) is 33.4 Å². The minimum absolute atomic E-state index is 0.344. The van der Waals surface area contributed by atoms with Gasteiger partial charge in [0, 0.05) is 37.0 Å². The molecule has 102 valence electrons. The number of halogens is 1. The predicted octanol–water partition coefficient (Wildman–Crippen LogP) is 2.92. The van der Waals surface area contributed by atoms with E-state index in [1.807, 2.05) is 19.2 Å². The smallest absolute Gasteiger partial charge is 0.0663 e. The van der Waals surface area contributed by atoms with Crippen molar-refractivity contribution in [3.63, 3.8) is 0 Å². The third kappa shape index (κ3) is 3.87. The van der Waals surface area contributed by atoms with Crippen LogP contribution in [0.15, 0.2) is 18.2 Å². The molecule has 0 fully saturated rings. The largest absolute Gasteiger partial charge is 0.383 e. The zero-order valence-electron chi connectivity index (χ0n) is 11.7. The Balaban J connectivity index is 3.03. The molecule has 1 aromatic carbocycles. The lowest BCUT2D eigenvalue weighted by Crippen LogP contribution is -2.37. The van der Waals surface area contributed by atoms with Gasteiger partial charge >= 0.3 is 0 Å². The number of nitrogens with one attached hydrogen (secondary N) is 1. The van der Waals surface area contributed by atoms with E-state index in [9.17, 15) is 0 Å². The fourth-order valence-corrected chi connectivity index (χ4v) is 2.41. The first-order valence-corrected chi connectivity index (χ1v) is 6.70. The number of hydrogen-bond acceptors (Lipinski definition) is 3. The molecule has 0 spiro atoms. The fourth-order valence-electron chi connectivity index (χ4n) is 2.22. The van der Waals surface area contributed by atoms with E-state index in [0.717, 1.165) is 24.7 Å². The molecule has 1 N–H and O–H groups in total. The first kappa shape index (κ1) is 15.3. The van der Waals surface area contributed by atoms with Crippen molar-refractivity contribution in [2.75, 3.05) is 32.2 Å². The molecular formula is C14H23ClN2O. The molecule has 0 saturated heterocycles. The minimum Gasteiger partial charge on any atom is -0.383 e. The molecule has 1 rings (SSSR count). The van der Waals surface area contributed by atoms with Crippen LogP contribution >= 0.6 is 11.6 Å². The molecule has 18 heavy (non-hydrogen) atoms. The summed E-state index contributed by atoms with van der Waals surface area (Å²) < 4.78 is 5.25. The second-order valence-corrected chi connectivity index (χ2v) is 4.83. The second kappa shape index (κ2) is 7.62. The van der Waals surface area contributed by atoms with E-state index < -0.39 is 0 Å². The van der Waals surface area contributed by atoms with Crippen molar-refractivity contribution < 1.29 is 4.74 Å². The Kier molecular flexibility index (Phi) is 6.47. The van der Waals surface area contributed by atoms with Gasteiger partial charge in [-0.15, -0.1) is 0 Å². The van der Waals surface area contributed by atoms with Gasteiger partial charge in [0.1, 0.15) is 0 Å². The highest BCUT2D eigenvalue weighted by molar-refractivity contribution is 6.30. The molecule has 0 aliphatic rings. The highest BCUT2D eigenvalue weighted by atomic mass is 35.5. The molecule has 1 aromatic rings. The summed E-state index contributed by atoms with van der Waals surface area (Å²) in [6.07, 6.45) is 0. The van der Waals surface area contributed by atoms with Crippen LogP contribution in [0.3, 0.4) is 0 Å². The molecule has 0 aromatic heterocycles. The number of ether oxygens (including phenoxy) is 1. The lowest BCUT2D eigenvalue weighted by atomic mass is 10.1. The Labute approximate surface area is 115 Å². The zero-order chi connectivity index (χ0) is 13.5. The molecule has 0 amide bonds. The SMILES string of the molecule is CCN(c1ccc(Cl)cc1CNC)C(C)COC. The van der Waals surface area contributed by atoms with E-state index in [-0.39, 0.29) is 0 Å². The Morgan fingerprint density at radius 3 is 2.72 bits per heavy atom. The average molecular weight is 271 g/mol. The third-order valence-corrected chi connectivity index (χ3v) is 3.23. The van der Waals surface area contributed by atoms with Crippen molar-refractivity contribution in [2.45, 2.75) is 26.4 Å². The molecule has 0 heterocycles. The van der Waals surface area contributed by atoms with Crippen LogP contribution in [0.5, 0.6) is 0 Å². The molecule has 0 saturated carbocycles. The molecule has 1 unspecified atom stereocenters. The molecule has 1 atom stereocenters. The molecule has 0 bridgehead atoms. The summed E-state index contributed by atoms with van der Waals surface area (Å²) in [5.41, 5.74) is 2.44. The van der Waals surface area contributed by atoms with Crippen molar-refractivity contribution in [3.8, 4) is 0 Å². The average Bonchev–Trinajstić information content (AvgIpc) is 2.33. The number of rotatable bonds is 7. The quantitative estimate of drug-likeness (QED) is 0.825. The maximum absolute atomic E-state index is 6.07. The van der Waals surface area contributed by atoms with Crippen molar-refractivity contribution in [3.05, 3.63) is 28.8 Å². The van der Waals surface area contributed by atoms with Crippen LogP contribution in [0.1, 0.15) is 19.4 Å². The lowest BCUT2D eigenvalue weighted by Gasteiger charge is -2.31. The summed E-state index contributed by atoms with van der Waals surface area (Å²) in [5.74, 6) is 0. The van der Waals surface area contributed by atoms with Crippen LogP contribution in [0.2, 0.25) is 5.02 Å². The number of likely N-dealkylation sites (N-methyl/N-ethyl adjacent to an activating group) is 1. The molecule has 3 nitrogen and oxygen atoms in total. The summed E-state index contributed by atoms with van der Waals surface area (Å²) >= 11 is 6.07. The highest BCUT2D eigenvalue weighted by Gasteiger charge is 2.15. The molecule has 0 aliphatic carbocycles. The van der Waals surface area contributed by atoms with Crippen LogP contribution in [0.4, 0.5) is 5.69 Å². The van der Waals surface area contributed by atoms with Crippen molar-refractivity contribution in [1.29, 1.82) is 0 Å².